The van der Waals surface area contributed by atoms with Crippen LogP contribution >= 0.6 is 0 Å². The van der Waals surface area contributed by atoms with Crippen LogP contribution in [0.1, 0.15) is 72.6 Å². The SMILES string of the molecule is CC(=O)OC[C@]12CC[C@H](OC(C)=O)CC1=C[C@H](OC(C)=O)[C@@H]1[C@@H]2CC[C@]2(C)C(=O)CC[C@@H]12. The number of Topliss-reactive ketones (excluding diaryl/α,β-unsaturated/α-hetero) is 1. The molecule has 3 fully saturated rings. The molecule has 0 bridgehead atoms. The summed E-state index contributed by atoms with van der Waals surface area (Å²) in [7, 11) is 0. The lowest BCUT2D eigenvalue weighted by Crippen LogP contribution is -2.57. The van der Waals surface area contributed by atoms with Crippen molar-refractivity contribution >= 4 is 23.7 Å². The van der Waals surface area contributed by atoms with Gasteiger partial charge in [0.15, 0.2) is 0 Å². The summed E-state index contributed by atoms with van der Waals surface area (Å²) in [6.45, 7) is 6.58. The van der Waals surface area contributed by atoms with Crippen LogP contribution in [0.4, 0.5) is 0 Å². The van der Waals surface area contributed by atoms with Crippen molar-refractivity contribution in [2.24, 2.45) is 28.6 Å². The van der Waals surface area contributed by atoms with Crippen LogP contribution in [0.2, 0.25) is 0 Å². The lowest BCUT2D eigenvalue weighted by Gasteiger charge is -2.59. The molecular weight excluding hydrogens is 412 g/mol. The van der Waals surface area contributed by atoms with Crippen molar-refractivity contribution in [2.75, 3.05) is 6.61 Å². The highest BCUT2D eigenvalue weighted by atomic mass is 16.5. The molecular formula is C25H34O7. The van der Waals surface area contributed by atoms with Gasteiger partial charge >= 0.3 is 17.9 Å². The largest absolute Gasteiger partial charge is 0.465 e. The van der Waals surface area contributed by atoms with Crippen LogP contribution in [-0.2, 0) is 33.4 Å². The van der Waals surface area contributed by atoms with E-state index in [2.05, 4.69) is 6.92 Å². The van der Waals surface area contributed by atoms with Crippen molar-refractivity contribution < 1.29 is 33.4 Å². The molecule has 0 unspecified atom stereocenters. The Morgan fingerprint density at radius 2 is 1.69 bits per heavy atom. The summed E-state index contributed by atoms with van der Waals surface area (Å²) < 4.78 is 17.0. The summed E-state index contributed by atoms with van der Waals surface area (Å²) in [6, 6.07) is 0. The van der Waals surface area contributed by atoms with Crippen LogP contribution in [0.3, 0.4) is 0 Å². The Labute approximate surface area is 189 Å². The molecule has 0 aromatic carbocycles. The second kappa shape index (κ2) is 8.31. The summed E-state index contributed by atoms with van der Waals surface area (Å²) in [5.74, 6) is -0.396. The van der Waals surface area contributed by atoms with E-state index in [0.29, 0.717) is 25.0 Å². The third kappa shape index (κ3) is 3.77. The molecule has 0 radical (unpaired) electrons. The highest BCUT2D eigenvalue weighted by molar-refractivity contribution is 5.87. The van der Waals surface area contributed by atoms with Gasteiger partial charge in [0.25, 0.3) is 0 Å². The first-order chi connectivity index (χ1) is 15.1. The number of hydrogen-bond donors (Lipinski definition) is 0. The van der Waals surface area contributed by atoms with Crippen molar-refractivity contribution in [3.05, 3.63) is 11.6 Å². The molecule has 4 aliphatic rings. The Morgan fingerprint density at radius 3 is 2.34 bits per heavy atom. The van der Waals surface area contributed by atoms with Crippen LogP contribution in [0, 0.1) is 28.6 Å². The van der Waals surface area contributed by atoms with Gasteiger partial charge in [-0.05, 0) is 50.0 Å². The number of fused-ring (bicyclic) bond motifs is 5. The molecule has 176 valence electrons. The molecule has 4 aliphatic carbocycles. The highest BCUT2D eigenvalue weighted by Crippen LogP contribution is 2.64. The van der Waals surface area contributed by atoms with Gasteiger partial charge in [0, 0.05) is 50.4 Å². The summed E-state index contributed by atoms with van der Waals surface area (Å²) in [5.41, 5.74) is 0.288. The van der Waals surface area contributed by atoms with E-state index in [1.165, 1.54) is 20.8 Å². The molecule has 7 heteroatoms. The Bertz CT molecular complexity index is 860. The molecule has 0 aromatic heterocycles. The van der Waals surface area contributed by atoms with Gasteiger partial charge in [-0.3, -0.25) is 19.2 Å². The molecule has 0 N–H and O–H groups in total. The van der Waals surface area contributed by atoms with E-state index in [-0.39, 0.29) is 59.2 Å². The second-order valence-electron chi connectivity index (χ2n) is 10.4. The molecule has 32 heavy (non-hydrogen) atoms. The summed E-state index contributed by atoms with van der Waals surface area (Å²) in [5, 5.41) is 0. The Balaban J connectivity index is 1.77. The van der Waals surface area contributed by atoms with Gasteiger partial charge in [0.05, 0.1) is 0 Å². The van der Waals surface area contributed by atoms with Crippen molar-refractivity contribution in [3.8, 4) is 0 Å². The number of carbonyl (C=O) groups is 4. The molecule has 4 rings (SSSR count). The van der Waals surface area contributed by atoms with Gasteiger partial charge in [-0.1, -0.05) is 12.5 Å². The zero-order chi connectivity index (χ0) is 23.3. The van der Waals surface area contributed by atoms with Crippen molar-refractivity contribution in [1.82, 2.24) is 0 Å². The smallest absolute Gasteiger partial charge is 0.303 e. The first kappa shape index (κ1) is 23.0. The summed E-state index contributed by atoms with van der Waals surface area (Å²) in [6.07, 6.45) is 6.32. The third-order valence-electron chi connectivity index (χ3n) is 8.66. The number of carbonyl (C=O) groups excluding carboxylic acids is 4. The quantitative estimate of drug-likeness (QED) is 0.370. The second-order valence-corrected chi connectivity index (χ2v) is 10.4. The molecule has 7 nitrogen and oxygen atoms in total. The lowest BCUT2D eigenvalue weighted by atomic mass is 9.47. The van der Waals surface area contributed by atoms with E-state index < -0.39 is 6.10 Å². The fourth-order valence-electron chi connectivity index (χ4n) is 7.31. The normalized spacial score (nSPS) is 40.3. The van der Waals surface area contributed by atoms with E-state index in [1.54, 1.807) is 0 Å². The minimum Gasteiger partial charge on any atom is -0.465 e. The Morgan fingerprint density at radius 1 is 0.969 bits per heavy atom. The maximum atomic E-state index is 12.8. The maximum Gasteiger partial charge on any atom is 0.303 e. The van der Waals surface area contributed by atoms with Crippen molar-refractivity contribution in [3.63, 3.8) is 0 Å². The maximum absolute atomic E-state index is 12.8. The van der Waals surface area contributed by atoms with E-state index in [0.717, 1.165) is 31.3 Å². The van der Waals surface area contributed by atoms with Gasteiger partial charge in [0.1, 0.15) is 24.6 Å². The van der Waals surface area contributed by atoms with Crippen LogP contribution in [0.25, 0.3) is 0 Å². The predicted octanol–water partition coefficient (Wildman–Crippen LogP) is 3.53. The van der Waals surface area contributed by atoms with E-state index in [4.69, 9.17) is 14.2 Å². The average Bonchev–Trinajstić information content (AvgIpc) is 3.00. The van der Waals surface area contributed by atoms with Gasteiger partial charge in [-0.2, -0.15) is 0 Å². The van der Waals surface area contributed by atoms with Gasteiger partial charge in [0.2, 0.25) is 0 Å². The number of hydrogen-bond acceptors (Lipinski definition) is 7. The predicted molar refractivity (Wildman–Crippen MR) is 114 cm³/mol. The Kier molecular flexibility index (Phi) is 5.97. The lowest BCUT2D eigenvalue weighted by molar-refractivity contribution is -0.165. The number of ether oxygens (including phenoxy) is 3. The topological polar surface area (TPSA) is 96.0 Å². The van der Waals surface area contributed by atoms with Crippen molar-refractivity contribution in [1.29, 1.82) is 0 Å². The van der Waals surface area contributed by atoms with E-state index >= 15 is 0 Å². The fourth-order valence-corrected chi connectivity index (χ4v) is 7.31. The van der Waals surface area contributed by atoms with Crippen LogP contribution < -0.4 is 0 Å². The highest BCUT2D eigenvalue weighted by Gasteiger charge is 2.63. The zero-order valence-electron chi connectivity index (χ0n) is 19.5. The first-order valence-electron chi connectivity index (χ1n) is 11.8. The monoisotopic (exact) mass is 446 g/mol. The van der Waals surface area contributed by atoms with Crippen LogP contribution in [0.15, 0.2) is 11.6 Å². The summed E-state index contributed by atoms with van der Waals surface area (Å²) >= 11 is 0. The number of rotatable bonds is 4. The minimum atomic E-state index is -0.426. The average molecular weight is 447 g/mol. The fraction of sp³-hybridized carbons (Fsp3) is 0.760. The molecule has 0 saturated heterocycles. The molecule has 0 aromatic rings. The number of ketones is 1. The molecule has 0 heterocycles. The molecule has 0 spiro atoms. The molecule has 7 atom stereocenters. The van der Waals surface area contributed by atoms with E-state index in [1.807, 2.05) is 6.08 Å². The molecule has 0 aliphatic heterocycles. The molecule has 0 amide bonds. The van der Waals surface area contributed by atoms with Crippen LogP contribution in [0.5, 0.6) is 0 Å². The van der Waals surface area contributed by atoms with Gasteiger partial charge in [-0.15, -0.1) is 0 Å². The third-order valence-corrected chi connectivity index (χ3v) is 8.66. The standard InChI is InChI=1S/C25H34O7/c1-14(26)30-13-25-10-7-18(31-15(2)27)11-17(25)12-21(32-16(3)28)23-19-5-6-22(29)24(19,4)9-8-20(23)25/h12,18-21,23H,5-11,13H2,1-4H3/t18-,19-,20-,21-,23-,24-,25+/m0/s1. The minimum absolute atomic E-state index is 0.00804. The molecule has 3 saturated carbocycles. The number of esters is 3. The van der Waals surface area contributed by atoms with Crippen LogP contribution in [-0.4, -0.2) is 42.5 Å². The first-order valence-corrected chi connectivity index (χ1v) is 11.8. The van der Waals surface area contributed by atoms with Gasteiger partial charge < -0.3 is 14.2 Å². The summed E-state index contributed by atoms with van der Waals surface area (Å²) in [4.78, 5) is 48.2. The zero-order valence-corrected chi connectivity index (χ0v) is 19.5. The van der Waals surface area contributed by atoms with Crippen molar-refractivity contribution in [2.45, 2.75) is 84.8 Å². The Hall–Kier alpha value is -2.18. The van der Waals surface area contributed by atoms with E-state index in [9.17, 15) is 19.2 Å². The van der Waals surface area contributed by atoms with Gasteiger partial charge in [-0.25, -0.2) is 0 Å².